The monoisotopic (exact) mass is 264 g/mol. The van der Waals surface area contributed by atoms with Gasteiger partial charge in [0.15, 0.2) is 0 Å². The normalized spacial score (nSPS) is 21.8. The fraction of sp³-hybridized carbons (Fsp3) is 0.308. The summed E-state index contributed by atoms with van der Waals surface area (Å²) in [7, 11) is 0. The van der Waals surface area contributed by atoms with E-state index in [0.717, 1.165) is 5.56 Å². The van der Waals surface area contributed by atoms with Gasteiger partial charge in [-0.25, -0.2) is 4.79 Å². The lowest BCUT2D eigenvalue weighted by Gasteiger charge is -2.13. The molecule has 0 unspecified atom stereocenters. The summed E-state index contributed by atoms with van der Waals surface area (Å²) in [5, 5.41) is 8.90. The highest BCUT2D eigenvalue weighted by molar-refractivity contribution is 5.91. The number of esters is 2. The van der Waals surface area contributed by atoms with Crippen molar-refractivity contribution in [1.82, 2.24) is 0 Å². The molecule has 0 saturated carbocycles. The summed E-state index contributed by atoms with van der Waals surface area (Å²) in [4.78, 5) is 33.7. The first-order valence-corrected chi connectivity index (χ1v) is 5.71. The largest absolute Gasteiger partial charge is 0.481 e. The minimum atomic E-state index is -1.35. The molecule has 0 spiro atoms. The van der Waals surface area contributed by atoms with Gasteiger partial charge in [0.05, 0.1) is 6.42 Å². The number of aliphatic carboxylic acids is 1. The van der Waals surface area contributed by atoms with E-state index in [0.29, 0.717) is 0 Å². The van der Waals surface area contributed by atoms with Crippen LogP contribution in [0.3, 0.4) is 0 Å². The Kier molecular flexibility index (Phi) is 3.79. The third kappa shape index (κ3) is 3.09. The van der Waals surface area contributed by atoms with Crippen LogP contribution in [0.1, 0.15) is 12.0 Å². The summed E-state index contributed by atoms with van der Waals surface area (Å²) in [6, 6.07) is 8.94. The topological polar surface area (TPSA) is 89.9 Å². The fourth-order valence-corrected chi connectivity index (χ4v) is 1.80. The van der Waals surface area contributed by atoms with E-state index in [-0.39, 0.29) is 13.0 Å². The van der Waals surface area contributed by atoms with E-state index >= 15 is 0 Å². The SMILES string of the molecule is O=C1C[C@@H](C(=O)O)[C@@H](C(=O)OCc2ccccc2)O1. The van der Waals surface area contributed by atoms with Crippen LogP contribution in [0, 0.1) is 5.92 Å². The van der Waals surface area contributed by atoms with Gasteiger partial charge in [-0.05, 0) is 5.56 Å². The van der Waals surface area contributed by atoms with Gasteiger partial charge in [-0.2, -0.15) is 0 Å². The van der Waals surface area contributed by atoms with Gasteiger partial charge in [0.2, 0.25) is 6.10 Å². The van der Waals surface area contributed by atoms with Crippen LogP contribution >= 0.6 is 0 Å². The van der Waals surface area contributed by atoms with E-state index in [1.807, 2.05) is 6.07 Å². The molecule has 2 atom stereocenters. The van der Waals surface area contributed by atoms with Crippen molar-refractivity contribution < 1.29 is 29.0 Å². The molecule has 1 aromatic carbocycles. The van der Waals surface area contributed by atoms with E-state index < -0.39 is 29.9 Å². The Morgan fingerprint density at radius 3 is 2.63 bits per heavy atom. The molecule has 0 aromatic heterocycles. The molecular formula is C13H12O6. The van der Waals surface area contributed by atoms with Gasteiger partial charge in [-0.3, -0.25) is 9.59 Å². The first-order valence-electron chi connectivity index (χ1n) is 5.71. The molecule has 1 aromatic rings. The van der Waals surface area contributed by atoms with Crippen LogP contribution in [-0.4, -0.2) is 29.1 Å². The van der Waals surface area contributed by atoms with Crippen molar-refractivity contribution in [3.05, 3.63) is 35.9 Å². The van der Waals surface area contributed by atoms with Gasteiger partial charge in [0, 0.05) is 0 Å². The molecule has 6 nitrogen and oxygen atoms in total. The van der Waals surface area contributed by atoms with Crippen LogP contribution in [0.4, 0.5) is 0 Å². The first kappa shape index (κ1) is 13.1. The zero-order valence-corrected chi connectivity index (χ0v) is 9.94. The van der Waals surface area contributed by atoms with Crippen LogP contribution < -0.4 is 0 Å². The predicted octanol–water partition coefficient (Wildman–Crippen LogP) is 0.746. The molecule has 0 aliphatic carbocycles. The molecule has 19 heavy (non-hydrogen) atoms. The van der Waals surface area contributed by atoms with Gasteiger partial charge in [-0.15, -0.1) is 0 Å². The maximum atomic E-state index is 11.7. The molecule has 1 N–H and O–H groups in total. The summed E-state index contributed by atoms with van der Waals surface area (Å²) >= 11 is 0. The zero-order chi connectivity index (χ0) is 13.8. The molecule has 1 saturated heterocycles. The van der Waals surface area contributed by atoms with Gasteiger partial charge >= 0.3 is 17.9 Å². The standard InChI is InChI=1S/C13H12O6/c14-10-6-9(12(15)16)11(19-10)13(17)18-7-8-4-2-1-3-5-8/h1-5,9,11H,6-7H2,(H,15,16)/t9-,11+/m1/s1. The number of carbonyl (C=O) groups excluding carboxylic acids is 2. The summed E-state index contributed by atoms with van der Waals surface area (Å²) in [6.07, 6.45) is -1.66. The van der Waals surface area contributed by atoms with Crippen molar-refractivity contribution in [2.45, 2.75) is 19.1 Å². The molecule has 6 heteroatoms. The van der Waals surface area contributed by atoms with E-state index in [1.54, 1.807) is 24.3 Å². The maximum absolute atomic E-state index is 11.7. The lowest BCUT2D eigenvalue weighted by atomic mass is 10.0. The summed E-state index contributed by atoms with van der Waals surface area (Å²) in [5.41, 5.74) is 0.770. The Morgan fingerprint density at radius 1 is 1.32 bits per heavy atom. The number of carboxylic acids is 1. The van der Waals surface area contributed by atoms with Crippen LogP contribution in [0.5, 0.6) is 0 Å². The molecule has 2 rings (SSSR count). The second kappa shape index (κ2) is 5.51. The molecule has 1 heterocycles. The van der Waals surface area contributed by atoms with Gasteiger partial charge in [-0.1, -0.05) is 30.3 Å². The lowest BCUT2D eigenvalue weighted by molar-refractivity contribution is -0.166. The van der Waals surface area contributed by atoms with E-state index in [2.05, 4.69) is 0 Å². The average molecular weight is 264 g/mol. The number of benzene rings is 1. The van der Waals surface area contributed by atoms with Crippen molar-refractivity contribution in [3.63, 3.8) is 0 Å². The molecule has 1 fully saturated rings. The maximum Gasteiger partial charge on any atom is 0.348 e. The Balaban J connectivity index is 1.96. The first-order chi connectivity index (χ1) is 9.08. The molecule has 0 bridgehead atoms. The van der Waals surface area contributed by atoms with Crippen LogP contribution in [0.25, 0.3) is 0 Å². The highest BCUT2D eigenvalue weighted by atomic mass is 16.6. The highest BCUT2D eigenvalue weighted by Crippen LogP contribution is 2.23. The zero-order valence-electron chi connectivity index (χ0n) is 9.94. The highest BCUT2D eigenvalue weighted by Gasteiger charge is 2.45. The van der Waals surface area contributed by atoms with Crippen LogP contribution in [0.15, 0.2) is 30.3 Å². The number of hydrogen-bond donors (Lipinski definition) is 1. The van der Waals surface area contributed by atoms with E-state index in [4.69, 9.17) is 14.6 Å². The number of carboxylic acid groups (broad SMARTS) is 1. The van der Waals surface area contributed by atoms with Crippen molar-refractivity contribution in [2.75, 3.05) is 0 Å². The lowest BCUT2D eigenvalue weighted by Crippen LogP contribution is -2.33. The fourth-order valence-electron chi connectivity index (χ4n) is 1.80. The summed E-state index contributed by atoms with van der Waals surface area (Å²) in [6.45, 7) is 0.0140. The number of ether oxygens (including phenoxy) is 2. The van der Waals surface area contributed by atoms with Gasteiger partial charge in [0.1, 0.15) is 12.5 Å². The van der Waals surface area contributed by atoms with Gasteiger partial charge < -0.3 is 14.6 Å². The number of rotatable bonds is 4. The van der Waals surface area contributed by atoms with Gasteiger partial charge in [0.25, 0.3) is 0 Å². The third-order valence-corrected chi connectivity index (χ3v) is 2.78. The predicted molar refractivity (Wildman–Crippen MR) is 61.9 cm³/mol. The van der Waals surface area contributed by atoms with E-state index in [1.165, 1.54) is 0 Å². The van der Waals surface area contributed by atoms with Crippen LogP contribution in [-0.2, 0) is 30.5 Å². The molecule has 100 valence electrons. The Hall–Kier alpha value is -2.37. The van der Waals surface area contributed by atoms with Crippen LogP contribution in [0.2, 0.25) is 0 Å². The minimum absolute atomic E-state index is 0.0140. The number of cyclic esters (lactones) is 1. The number of hydrogen-bond acceptors (Lipinski definition) is 5. The Bertz CT molecular complexity index is 495. The van der Waals surface area contributed by atoms with Crippen molar-refractivity contribution >= 4 is 17.9 Å². The van der Waals surface area contributed by atoms with E-state index in [9.17, 15) is 14.4 Å². The molecule has 0 amide bonds. The smallest absolute Gasteiger partial charge is 0.348 e. The molecule has 0 radical (unpaired) electrons. The van der Waals surface area contributed by atoms with Crippen molar-refractivity contribution in [3.8, 4) is 0 Å². The third-order valence-electron chi connectivity index (χ3n) is 2.78. The van der Waals surface area contributed by atoms with Crippen molar-refractivity contribution in [1.29, 1.82) is 0 Å². The quantitative estimate of drug-likeness (QED) is 0.807. The molecule has 1 aliphatic heterocycles. The molecular weight excluding hydrogens is 252 g/mol. The van der Waals surface area contributed by atoms with Crippen molar-refractivity contribution in [2.24, 2.45) is 5.92 Å². The summed E-state index contributed by atoms with van der Waals surface area (Å²) < 4.78 is 9.65. The second-order valence-corrected chi connectivity index (χ2v) is 4.15. The number of carbonyl (C=O) groups is 3. The Labute approximate surface area is 108 Å². The average Bonchev–Trinajstić information content (AvgIpc) is 2.79. The second-order valence-electron chi connectivity index (χ2n) is 4.15. The summed E-state index contributed by atoms with van der Waals surface area (Å²) in [5.74, 6) is -3.94. The Morgan fingerprint density at radius 2 is 2.00 bits per heavy atom. The minimum Gasteiger partial charge on any atom is -0.481 e. The molecule has 1 aliphatic rings.